The van der Waals surface area contributed by atoms with Gasteiger partial charge in [0.2, 0.25) is 0 Å². The lowest BCUT2D eigenvalue weighted by atomic mass is 10.2. The van der Waals surface area contributed by atoms with Crippen molar-refractivity contribution in [3.05, 3.63) is 54.1 Å². The summed E-state index contributed by atoms with van der Waals surface area (Å²) in [5, 5.41) is 9.18. The Kier molecular flexibility index (Phi) is 4.93. The molecule has 0 amide bonds. The third kappa shape index (κ3) is 4.65. The van der Waals surface area contributed by atoms with E-state index >= 15 is 0 Å². The number of phenols is 1. The maximum atomic E-state index is 11.1. The molecule has 5 heteroatoms. The topological polar surface area (TPSA) is 68.1 Å². The van der Waals surface area contributed by atoms with Crippen LogP contribution in [0.4, 0.5) is 10.5 Å². The summed E-state index contributed by atoms with van der Waals surface area (Å²) >= 11 is 0. The first-order valence-electron chi connectivity index (χ1n) is 6.45. The molecule has 0 aromatic heterocycles. The standard InChI is InChI=1S/C16H15NO4/c1-2-20-16(19)21-15-9-3-12(4-10-15)11-17-13-5-7-14(18)8-6-13/h3-11,18H,2H2,1H3. The minimum absolute atomic E-state index is 0.203. The zero-order valence-electron chi connectivity index (χ0n) is 11.5. The highest BCUT2D eigenvalue weighted by molar-refractivity contribution is 5.82. The molecule has 2 aromatic carbocycles. The average Bonchev–Trinajstić information content (AvgIpc) is 2.48. The van der Waals surface area contributed by atoms with E-state index in [0.717, 1.165) is 11.3 Å². The van der Waals surface area contributed by atoms with E-state index in [9.17, 15) is 9.90 Å². The van der Waals surface area contributed by atoms with Crippen LogP contribution >= 0.6 is 0 Å². The molecule has 0 spiro atoms. The summed E-state index contributed by atoms with van der Waals surface area (Å²) in [7, 11) is 0. The number of phenolic OH excluding ortho intramolecular Hbond substituents is 1. The molecular weight excluding hydrogens is 270 g/mol. The lowest BCUT2D eigenvalue weighted by molar-refractivity contribution is 0.104. The Morgan fingerprint density at radius 3 is 2.43 bits per heavy atom. The average molecular weight is 285 g/mol. The zero-order chi connectivity index (χ0) is 15.1. The van der Waals surface area contributed by atoms with Crippen molar-refractivity contribution in [3.8, 4) is 11.5 Å². The molecule has 0 fully saturated rings. The predicted molar refractivity (Wildman–Crippen MR) is 79.5 cm³/mol. The Morgan fingerprint density at radius 2 is 1.81 bits per heavy atom. The summed E-state index contributed by atoms with van der Waals surface area (Å²) in [6, 6.07) is 13.4. The molecule has 0 saturated heterocycles. The lowest BCUT2D eigenvalue weighted by Crippen LogP contribution is -2.09. The van der Waals surface area contributed by atoms with Crippen LogP contribution in [0.25, 0.3) is 0 Å². The molecule has 0 bridgehead atoms. The van der Waals surface area contributed by atoms with E-state index in [1.54, 1.807) is 61.7 Å². The number of ether oxygens (including phenoxy) is 2. The molecule has 1 N–H and O–H groups in total. The van der Waals surface area contributed by atoms with Gasteiger partial charge in [-0.25, -0.2) is 4.79 Å². The number of nitrogens with zero attached hydrogens (tertiary/aromatic N) is 1. The van der Waals surface area contributed by atoms with E-state index in [-0.39, 0.29) is 12.4 Å². The van der Waals surface area contributed by atoms with Gasteiger partial charge in [0.15, 0.2) is 0 Å². The van der Waals surface area contributed by atoms with Gasteiger partial charge in [0.05, 0.1) is 12.3 Å². The monoisotopic (exact) mass is 285 g/mol. The van der Waals surface area contributed by atoms with E-state index in [1.165, 1.54) is 0 Å². The number of aromatic hydroxyl groups is 1. The highest BCUT2D eigenvalue weighted by Gasteiger charge is 2.03. The van der Waals surface area contributed by atoms with Crippen LogP contribution in [-0.2, 0) is 4.74 Å². The zero-order valence-corrected chi connectivity index (χ0v) is 11.5. The van der Waals surface area contributed by atoms with Gasteiger partial charge in [-0.3, -0.25) is 4.99 Å². The van der Waals surface area contributed by atoms with Crippen LogP contribution in [0.1, 0.15) is 12.5 Å². The minimum atomic E-state index is -0.719. The summed E-state index contributed by atoms with van der Waals surface area (Å²) in [4.78, 5) is 15.4. The van der Waals surface area contributed by atoms with Crippen molar-refractivity contribution in [2.24, 2.45) is 4.99 Å². The Morgan fingerprint density at radius 1 is 1.14 bits per heavy atom. The van der Waals surface area contributed by atoms with Crippen LogP contribution in [0.5, 0.6) is 11.5 Å². The third-order valence-corrected chi connectivity index (χ3v) is 2.56. The van der Waals surface area contributed by atoms with Crippen LogP contribution in [0.15, 0.2) is 53.5 Å². The highest BCUT2D eigenvalue weighted by Crippen LogP contribution is 2.17. The largest absolute Gasteiger partial charge is 0.513 e. The van der Waals surface area contributed by atoms with Gasteiger partial charge in [-0.2, -0.15) is 0 Å². The lowest BCUT2D eigenvalue weighted by Gasteiger charge is -2.03. The van der Waals surface area contributed by atoms with Crippen molar-refractivity contribution in [3.63, 3.8) is 0 Å². The van der Waals surface area contributed by atoms with Crippen molar-refractivity contribution in [1.29, 1.82) is 0 Å². The minimum Gasteiger partial charge on any atom is -0.508 e. The van der Waals surface area contributed by atoms with Gasteiger partial charge in [-0.1, -0.05) is 0 Å². The number of carbonyl (C=O) groups is 1. The summed E-state index contributed by atoms with van der Waals surface area (Å²) < 4.78 is 9.64. The molecule has 2 rings (SSSR count). The summed E-state index contributed by atoms with van der Waals surface area (Å²) in [5.41, 5.74) is 1.60. The van der Waals surface area contributed by atoms with Gasteiger partial charge in [0.1, 0.15) is 11.5 Å². The normalized spacial score (nSPS) is 10.5. The Bertz CT molecular complexity index is 618. The number of aliphatic imine (C=N–C) groups is 1. The van der Waals surface area contributed by atoms with Crippen molar-refractivity contribution in [2.45, 2.75) is 6.92 Å². The second-order valence-corrected chi connectivity index (χ2v) is 4.13. The SMILES string of the molecule is CCOC(=O)Oc1ccc(C=Nc2ccc(O)cc2)cc1. The summed E-state index contributed by atoms with van der Waals surface area (Å²) in [6.07, 6.45) is 0.962. The number of carbonyl (C=O) groups excluding carboxylic acids is 1. The quantitative estimate of drug-likeness (QED) is 0.528. The van der Waals surface area contributed by atoms with E-state index < -0.39 is 6.16 Å². The molecule has 0 unspecified atom stereocenters. The number of hydrogen-bond acceptors (Lipinski definition) is 5. The molecule has 0 saturated carbocycles. The molecule has 21 heavy (non-hydrogen) atoms. The van der Waals surface area contributed by atoms with Gasteiger partial charge in [0, 0.05) is 6.21 Å². The molecule has 0 aliphatic heterocycles. The molecule has 0 heterocycles. The highest BCUT2D eigenvalue weighted by atomic mass is 16.7. The van der Waals surface area contributed by atoms with Crippen LogP contribution in [-0.4, -0.2) is 24.1 Å². The fraction of sp³-hybridized carbons (Fsp3) is 0.125. The van der Waals surface area contributed by atoms with Crippen molar-refractivity contribution in [2.75, 3.05) is 6.61 Å². The second-order valence-electron chi connectivity index (χ2n) is 4.13. The number of benzene rings is 2. The molecule has 0 aliphatic rings. The van der Waals surface area contributed by atoms with Gasteiger partial charge < -0.3 is 14.6 Å². The van der Waals surface area contributed by atoms with Gasteiger partial charge in [-0.15, -0.1) is 0 Å². The van der Waals surface area contributed by atoms with Gasteiger partial charge in [-0.05, 0) is 61.0 Å². The maximum absolute atomic E-state index is 11.1. The van der Waals surface area contributed by atoms with Gasteiger partial charge in [0.25, 0.3) is 0 Å². The van der Waals surface area contributed by atoms with E-state index in [0.29, 0.717) is 5.75 Å². The predicted octanol–water partition coefficient (Wildman–Crippen LogP) is 3.68. The van der Waals surface area contributed by atoms with E-state index in [1.807, 2.05) is 0 Å². The molecule has 108 valence electrons. The van der Waals surface area contributed by atoms with Crippen LogP contribution in [0.2, 0.25) is 0 Å². The Balaban J connectivity index is 1.98. The van der Waals surface area contributed by atoms with Gasteiger partial charge >= 0.3 is 6.16 Å². The number of rotatable bonds is 4. The molecular formula is C16H15NO4. The first-order valence-corrected chi connectivity index (χ1v) is 6.45. The van der Waals surface area contributed by atoms with Crippen LogP contribution in [0.3, 0.4) is 0 Å². The molecule has 0 aliphatic carbocycles. The van der Waals surface area contributed by atoms with Crippen LogP contribution < -0.4 is 4.74 Å². The Labute approximate surface area is 122 Å². The summed E-state index contributed by atoms with van der Waals surface area (Å²) in [6.45, 7) is 1.99. The fourth-order valence-corrected chi connectivity index (χ4v) is 1.55. The molecule has 5 nitrogen and oxygen atoms in total. The van der Waals surface area contributed by atoms with Crippen molar-refractivity contribution in [1.82, 2.24) is 0 Å². The Hall–Kier alpha value is -2.82. The van der Waals surface area contributed by atoms with Crippen molar-refractivity contribution >= 4 is 18.1 Å². The van der Waals surface area contributed by atoms with E-state index in [4.69, 9.17) is 4.74 Å². The third-order valence-electron chi connectivity index (χ3n) is 2.56. The molecule has 0 atom stereocenters. The smallest absolute Gasteiger partial charge is 0.508 e. The summed E-state index contributed by atoms with van der Waals surface area (Å²) in [5.74, 6) is 0.615. The maximum Gasteiger partial charge on any atom is 0.513 e. The second kappa shape index (κ2) is 7.09. The molecule has 0 radical (unpaired) electrons. The molecule has 2 aromatic rings. The number of hydrogen-bond donors (Lipinski definition) is 1. The first kappa shape index (κ1) is 14.6. The van der Waals surface area contributed by atoms with E-state index in [2.05, 4.69) is 9.73 Å². The van der Waals surface area contributed by atoms with Crippen molar-refractivity contribution < 1.29 is 19.4 Å². The first-order chi connectivity index (χ1) is 10.2. The van der Waals surface area contributed by atoms with Crippen LogP contribution in [0, 0.1) is 0 Å². The fourth-order valence-electron chi connectivity index (χ4n) is 1.55.